The van der Waals surface area contributed by atoms with E-state index in [0.717, 1.165) is 32.1 Å². The summed E-state index contributed by atoms with van der Waals surface area (Å²) in [5.74, 6) is 0.836. The molecular formula is C32H46N2O7. The molecule has 1 aromatic carbocycles. The van der Waals surface area contributed by atoms with Crippen LogP contribution in [0.2, 0.25) is 0 Å². The molecular weight excluding hydrogens is 524 g/mol. The third-order valence-corrected chi connectivity index (χ3v) is 9.60. The molecule has 2 saturated carbocycles. The van der Waals surface area contributed by atoms with Crippen molar-refractivity contribution in [2.45, 2.75) is 101 Å². The minimum Gasteiger partial charge on any atom is -0.493 e. The normalized spacial score (nSPS) is 26.1. The van der Waals surface area contributed by atoms with Gasteiger partial charge < -0.3 is 35.0 Å². The summed E-state index contributed by atoms with van der Waals surface area (Å²) >= 11 is 0. The van der Waals surface area contributed by atoms with Crippen LogP contribution in [0, 0.1) is 11.8 Å². The molecule has 41 heavy (non-hydrogen) atoms. The Hall–Kier alpha value is -2.62. The molecule has 2 fully saturated rings. The summed E-state index contributed by atoms with van der Waals surface area (Å²) in [5.41, 5.74) is 1.66. The molecule has 0 aromatic heterocycles. The van der Waals surface area contributed by atoms with E-state index in [1.807, 2.05) is 4.90 Å². The second-order valence-electron chi connectivity index (χ2n) is 12.3. The average Bonchev–Trinajstić information content (AvgIpc) is 3.66. The van der Waals surface area contributed by atoms with Crippen molar-refractivity contribution in [1.82, 2.24) is 10.2 Å². The molecule has 4 unspecified atom stereocenters. The Morgan fingerprint density at radius 2 is 1.76 bits per heavy atom. The maximum atomic E-state index is 13.9. The van der Waals surface area contributed by atoms with Crippen LogP contribution in [0.25, 0.3) is 0 Å². The van der Waals surface area contributed by atoms with Crippen LogP contribution < -0.4 is 14.8 Å². The molecule has 4 N–H and O–H groups in total. The van der Waals surface area contributed by atoms with E-state index in [1.165, 1.54) is 39.2 Å². The van der Waals surface area contributed by atoms with Gasteiger partial charge in [-0.05, 0) is 54.9 Å². The lowest BCUT2D eigenvalue weighted by Gasteiger charge is -2.42. The van der Waals surface area contributed by atoms with Crippen molar-refractivity contribution in [2.75, 3.05) is 26.8 Å². The molecule has 0 spiro atoms. The van der Waals surface area contributed by atoms with Gasteiger partial charge in [0.1, 0.15) is 12.2 Å². The number of aliphatic hydroxyl groups is 3. The van der Waals surface area contributed by atoms with Crippen LogP contribution in [-0.2, 0) is 16.2 Å². The summed E-state index contributed by atoms with van der Waals surface area (Å²) < 4.78 is 11.9. The minimum absolute atomic E-state index is 0.0204. The second-order valence-corrected chi connectivity index (χ2v) is 12.3. The van der Waals surface area contributed by atoms with E-state index in [0.29, 0.717) is 53.0 Å². The summed E-state index contributed by atoms with van der Waals surface area (Å²) in [7, 11) is 1.51. The zero-order chi connectivity index (χ0) is 28.9. The zero-order valence-corrected chi connectivity index (χ0v) is 24.2. The smallest absolute Gasteiger partial charge is 0.247 e. The molecule has 0 radical (unpaired) electrons. The van der Waals surface area contributed by atoms with Crippen LogP contribution in [0.5, 0.6) is 11.5 Å². The van der Waals surface area contributed by atoms with E-state index >= 15 is 0 Å². The molecule has 4 aliphatic rings. The number of benzene rings is 1. The fourth-order valence-corrected chi connectivity index (χ4v) is 7.43. The highest BCUT2D eigenvalue weighted by Crippen LogP contribution is 2.51. The summed E-state index contributed by atoms with van der Waals surface area (Å²) in [6, 6.07) is 2.76. The molecule has 1 heterocycles. The quantitative estimate of drug-likeness (QED) is 0.322. The highest BCUT2D eigenvalue weighted by atomic mass is 16.5. The number of rotatable bonds is 11. The lowest BCUT2D eigenvalue weighted by atomic mass is 9.76. The zero-order valence-electron chi connectivity index (χ0n) is 24.2. The molecule has 1 aromatic rings. The summed E-state index contributed by atoms with van der Waals surface area (Å²) in [5, 5.41) is 33.9. The first kappa shape index (κ1) is 29.9. The van der Waals surface area contributed by atoms with E-state index < -0.39 is 24.2 Å². The monoisotopic (exact) mass is 570 g/mol. The maximum absolute atomic E-state index is 13.9. The Morgan fingerprint density at radius 1 is 1.05 bits per heavy atom. The van der Waals surface area contributed by atoms with Crippen molar-refractivity contribution >= 4 is 11.8 Å². The lowest BCUT2D eigenvalue weighted by molar-refractivity contribution is -0.138. The number of hydrogen-bond donors (Lipinski definition) is 4. The van der Waals surface area contributed by atoms with E-state index in [-0.39, 0.29) is 31.6 Å². The average molecular weight is 571 g/mol. The van der Waals surface area contributed by atoms with Gasteiger partial charge in [0.25, 0.3) is 0 Å². The van der Waals surface area contributed by atoms with E-state index in [4.69, 9.17) is 9.47 Å². The highest BCUT2D eigenvalue weighted by Gasteiger charge is 2.51. The Bertz CT molecular complexity index is 1110. The largest absolute Gasteiger partial charge is 0.493 e. The van der Waals surface area contributed by atoms with Crippen LogP contribution in [-0.4, -0.2) is 77.1 Å². The molecule has 1 aliphatic heterocycles. The van der Waals surface area contributed by atoms with E-state index in [1.54, 1.807) is 18.2 Å². The number of methoxy groups -OCH3 is 1. The predicted octanol–water partition coefficient (Wildman–Crippen LogP) is 3.19. The van der Waals surface area contributed by atoms with Crippen molar-refractivity contribution < 1.29 is 34.4 Å². The third-order valence-electron chi connectivity index (χ3n) is 9.60. The molecule has 2 amide bonds. The SMILES string of the molecule is COc1cc(CO)cc2c1OC1C2C(C(=O)NCCO)=CC(N(CC2CCCCC2)C(=O)CCC2CCCC2)C1O. The van der Waals surface area contributed by atoms with Crippen molar-refractivity contribution in [3.8, 4) is 11.5 Å². The molecule has 3 aliphatic carbocycles. The number of hydrogen-bond acceptors (Lipinski definition) is 7. The number of carbonyl (C=O) groups is 2. The first-order valence-corrected chi connectivity index (χ1v) is 15.5. The molecule has 226 valence electrons. The standard InChI is InChI=1S/C32H46N2O7/c1-40-26-16-22(19-36)15-23-28-24(32(39)33-13-14-35)17-25(29(38)31(28)41-30(23)26)34(18-21-9-3-2-4-10-21)27(37)12-11-20-7-5-6-8-20/h15-17,20-21,25,28-29,31,35-36,38H,2-14,18-19H2,1H3,(H,33,39). The van der Waals surface area contributed by atoms with Gasteiger partial charge in [0.15, 0.2) is 11.5 Å². The predicted molar refractivity (Wildman–Crippen MR) is 154 cm³/mol. The first-order chi connectivity index (χ1) is 19.9. The molecule has 9 heteroatoms. The minimum atomic E-state index is -1.07. The van der Waals surface area contributed by atoms with Gasteiger partial charge in [-0.2, -0.15) is 0 Å². The van der Waals surface area contributed by atoms with Gasteiger partial charge in [-0.25, -0.2) is 0 Å². The number of fused-ring (bicyclic) bond motifs is 3. The third kappa shape index (κ3) is 6.42. The number of nitrogens with one attached hydrogen (secondary N) is 1. The van der Waals surface area contributed by atoms with Crippen LogP contribution in [0.1, 0.15) is 87.7 Å². The number of amides is 2. The maximum Gasteiger partial charge on any atom is 0.247 e. The van der Waals surface area contributed by atoms with Crippen molar-refractivity contribution in [3.63, 3.8) is 0 Å². The van der Waals surface area contributed by atoms with Crippen molar-refractivity contribution in [3.05, 3.63) is 34.9 Å². The Labute approximate surface area is 242 Å². The van der Waals surface area contributed by atoms with Gasteiger partial charge in [-0.15, -0.1) is 0 Å². The molecule has 4 atom stereocenters. The van der Waals surface area contributed by atoms with Crippen molar-refractivity contribution in [1.29, 1.82) is 0 Å². The van der Waals surface area contributed by atoms with Crippen LogP contribution in [0.4, 0.5) is 0 Å². The van der Waals surface area contributed by atoms with Gasteiger partial charge in [0.2, 0.25) is 11.8 Å². The van der Waals surface area contributed by atoms with Gasteiger partial charge in [-0.1, -0.05) is 44.9 Å². The number of carbonyl (C=O) groups excluding carboxylic acids is 2. The molecule has 0 bridgehead atoms. The highest BCUT2D eigenvalue weighted by molar-refractivity contribution is 5.96. The van der Waals surface area contributed by atoms with Gasteiger partial charge in [-0.3, -0.25) is 9.59 Å². The van der Waals surface area contributed by atoms with Gasteiger partial charge >= 0.3 is 0 Å². The van der Waals surface area contributed by atoms with E-state index in [2.05, 4.69) is 5.32 Å². The second kappa shape index (κ2) is 13.6. The van der Waals surface area contributed by atoms with Crippen LogP contribution in [0.15, 0.2) is 23.8 Å². The number of ether oxygens (including phenoxy) is 2. The fraction of sp³-hybridized carbons (Fsp3) is 0.688. The summed E-state index contributed by atoms with van der Waals surface area (Å²) in [6.07, 6.45) is 11.6. The molecule has 5 rings (SSSR count). The Kier molecular flexibility index (Phi) is 9.88. The first-order valence-electron chi connectivity index (χ1n) is 15.5. The van der Waals surface area contributed by atoms with Crippen molar-refractivity contribution in [2.24, 2.45) is 11.8 Å². The number of aliphatic hydroxyl groups excluding tert-OH is 3. The Balaban J connectivity index is 1.50. The Morgan fingerprint density at radius 3 is 2.44 bits per heavy atom. The van der Waals surface area contributed by atoms with E-state index in [9.17, 15) is 24.9 Å². The lowest BCUT2D eigenvalue weighted by Crippen LogP contribution is -2.56. The summed E-state index contributed by atoms with van der Waals surface area (Å²) in [6.45, 7) is 0.213. The fourth-order valence-electron chi connectivity index (χ4n) is 7.43. The van der Waals surface area contributed by atoms with Gasteiger partial charge in [0.05, 0.1) is 32.3 Å². The van der Waals surface area contributed by atoms with Crippen LogP contribution >= 0.6 is 0 Å². The van der Waals surface area contributed by atoms with Crippen LogP contribution in [0.3, 0.4) is 0 Å². The molecule has 0 saturated heterocycles. The molecule has 9 nitrogen and oxygen atoms in total. The van der Waals surface area contributed by atoms with Gasteiger partial charge in [0, 0.05) is 30.6 Å². The number of nitrogens with zero attached hydrogens (tertiary/aromatic N) is 1. The topological polar surface area (TPSA) is 129 Å². The summed E-state index contributed by atoms with van der Waals surface area (Å²) in [4.78, 5) is 29.3.